The van der Waals surface area contributed by atoms with Gasteiger partial charge in [0.1, 0.15) is 0 Å². The van der Waals surface area contributed by atoms with Gasteiger partial charge < -0.3 is 4.74 Å². The summed E-state index contributed by atoms with van der Waals surface area (Å²) >= 11 is 0. The third-order valence-corrected chi connectivity index (χ3v) is 3.43. The molecule has 0 bridgehead atoms. The first kappa shape index (κ1) is 17.4. The normalized spacial score (nSPS) is 12.2. The Morgan fingerprint density at radius 2 is 1.71 bits per heavy atom. The summed E-state index contributed by atoms with van der Waals surface area (Å²) in [6, 6.07) is 7.97. The Kier molecular flexibility index (Phi) is 7.13. The topological polar surface area (TPSA) is 43.4 Å². The van der Waals surface area contributed by atoms with E-state index in [0.717, 1.165) is 24.8 Å². The summed E-state index contributed by atoms with van der Waals surface area (Å²) in [6.07, 6.45) is 3.00. The van der Waals surface area contributed by atoms with Crippen LogP contribution in [0.1, 0.15) is 64.0 Å². The van der Waals surface area contributed by atoms with Crippen molar-refractivity contribution in [2.75, 3.05) is 0 Å². The molecule has 0 saturated heterocycles. The molecule has 0 radical (unpaired) electrons. The molecule has 0 aromatic heterocycles. The van der Waals surface area contributed by atoms with Crippen molar-refractivity contribution < 1.29 is 14.3 Å². The molecule has 0 amide bonds. The Bertz CT molecular complexity index is 460. The molecule has 3 nitrogen and oxygen atoms in total. The Morgan fingerprint density at radius 3 is 2.24 bits per heavy atom. The number of esters is 2. The summed E-state index contributed by atoms with van der Waals surface area (Å²) in [6.45, 7) is 8.12. The molecular weight excluding hydrogens is 264 g/mol. The monoisotopic (exact) mass is 290 g/mol. The Morgan fingerprint density at radius 1 is 1.10 bits per heavy atom. The second-order valence-corrected chi connectivity index (χ2v) is 5.96. The van der Waals surface area contributed by atoms with Gasteiger partial charge in [0, 0.05) is 6.42 Å². The average molecular weight is 290 g/mol. The van der Waals surface area contributed by atoms with Crippen LogP contribution in [-0.4, -0.2) is 11.9 Å². The molecule has 0 aliphatic rings. The fourth-order valence-corrected chi connectivity index (χ4v) is 2.12. The lowest BCUT2D eigenvalue weighted by atomic mass is 9.97. The van der Waals surface area contributed by atoms with E-state index in [-0.39, 0.29) is 0 Å². The van der Waals surface area contributed by atoms with Crippen molar-refractivity contribution in [3.8, 4) is 0 Å². The highest BCUT2D eigenvalue weighted by Crippen LogP contribution is 2.19. The first-order valence-corrected chi connectivity index (χ1v) is 7.77. The minimum Gasteiger partial charge on any atom is -0.393 e. The van der Waals surface area contributed by atoms with E-state index in [1.165, 1.54) is 5.56 Å². The first-order chi connectivity index (χ1) is 9.93. The molecule has 0 saturated carbocycles. The average Bonchev–Trinajstić information content (AvgIpc) is 2.44. The molecule has 1 atom stereocenters. The molecule has 0 aliphatic carbocycles. The summed E-state index contributed by atoms with van der Waals surface area (Å²) in [4.78, 5) is 23.4. The maximum Gasteiger partial charge on any atom is 0.320 e. The van der Waals surface area contributed by atoms with Crippen LogP contribution in [0.4, 0.5) is 0 Å². The van der Waals surface area contributed by atoms with Crippen LogP contribution in [0.25, 0.3) is 0 Å². The highest BCUT2D eigenvalue weighted by molar-refractivity contribution is 5.89. The van der Waals surface area contributed by atoms with Crippen LogP contribution in [0, 0.1) is 5.92 Å². The predicted molar refractivity (Wildman–Crippen MR) is 84.0 cm³/mol. The van der Waals surface area contributed by atoms with E-state index in [1.54, 1.807) is 6.92 Å². The van der Waals surface area contributed by atoms with E-state index >= 15 is 0 Å². The number of unbranched alkanes of at least 4 members (excludes halogenated alkanes) is 1. The highest BCUT2D eigenvalue weighted by Gasteiger charge is 2.19. The smallest absolute Gasteiger partial charge is 0.320 e. The molecule has 0 aliphatic heterocycles. The van der Waals surface area contributed by atoms with Gasteiger partial charge in [-0.2, -0.15) is 0 Å². The largest absolute Gasteiger partial charge is 0.393 e. The van der Waals surface area contributed by atoms with Crippen LogP contribution in [0.2, 0.25) is 0 Å². The van der Waals surface area contributed by atoms with Crippen LogP contribution in [-0.2, 0) is 20.7 Å². The van der Waals surface area contributed by atoms with Gasteiger partial charge in [-0.15, -0.1) is 0 Å². The number of ether oxygens (including phenoxy) is 1. The maximum atomic E-state index is 11.9. The zero-order valence-electron chi connectivity index (χ0n) is 13.5. The zero-order valence-corrected chi connectivity index (χ0v) is 13.5. The minimum absolute atomic E-state index is 0.308. The maximum absolute atomic E-state index is 11.9. The summed E-state index contributed by atoms with van der Waals surface area (Å²) < 4.78 is 4.89. The number of hydrogen-bond acceptors (Lipinski definition) is 3. The van der Waals surface area contributed by atoms with Crippen molar-refractivity contribution in [3.05, 3.63) is 35.4 Å². The molecule has 1 aromatic rings. The van der Waals surface area contributed by atoms with E-state index in [4.69, 9.17) is 4.74 Å². The van der Waals surface area contributed by atoms with Gasteiger partial charge in [-0.3, -0.25) is 9.59 Å². The van der Waals surface area contributed by atoms with Crippen molar-refractivity contribution in [1.29, 1.82) is 0 Å². The quantitative estimate of drug-likeness (QED) is 0.557. The summed E-state index contributed by atoms with van der Waals surface area (Å²) in [7, 11) is 0. The minimum atomic E-state index is -0.465. The van der Waals surface area contributed by atoms with Crippen molar-refractivity contribution in [3.63, 3.8) is 0 Å². The number of benzene rings is 1. The van der Waals surface area contributed by atoms with Gasteiger partial charge in [-0.1, -0.05) is 51.5 Å². The van der Waals surface area contributed by atoms with Gasteiger partial charge >= 0.3 is 11.9 Å². The fraction of sp³-hybridized carbons (Fsp3) is 0.556. The van der Waals surface area contributed by atoms with E-state index < -0.39 is 17.9 Å². The molecule has 0 spiro atoms. The summed E-state index contributed by atoms with van der Waals surface area (Å²) in [5, 5.41) is 0. The molecule has 21 heavy (non-hydrogen) atoms. The molecule has 1 rings (SSSR count). The third-order valence-electron chi connectivity index (χ3n) is 3.43. The molecule has 0 N–H and O–H groups in total. The van der Waals surface area contributed by atoms with Gasteiger partial charge in [0.2, 0.25) is 0 Å². The van der Waals surface area contributed by atoms with Crippen LogP contribution in [0.3, 0.4) is 0 Å². The van der Waals surface area contributed by atoms with Crippen LogP contribution in [0.15, 0.2) is 24.3 Å². The molecule has 1 aromatic carbocycles. The molecular formula is C18H26O3. The fourth-order valence-electron chi connectivity index (χ4n) is 2.12. The lowest BCUT2D eigenvalue weighted by Crippen LogP contribution is -2.17. The Labute approximate surface area is 127 Å². The van der Waals surface area contributed by atoms with Crippen molar-refractivity contribution in [2.24, 2.45) is 5.92 Å². The van der Waals surface area contributed by atoms with E-state index in [9.17, 15) is 9.59 Å². The van der Waals surface area contributed by atoms with Gasteiger partial charge in [-0.25, -0.2) is 0 Å². The lowest BCUT2D eigenvalue weighted by Gasteiger charge is -2.12. The SMILES string of the molecule is CCCCC(=O)OC(=O)C(C)c1ccc(CC(C)C)cc1. The molecule has 0 fully saturated rings. The van der Waals surface area contributed by atoms with Gasteiger partial charge in [-0.05, 0) is 36.8 Å². The number of carbonyl (C=O) groups is 2. The number of carbonyl (C=O) groups excluding carboxylic acids is 2. The van der Waals surface area contributed by atoms with Crippen molar-refractivity contribution in [2.45, 2.75) is 59.3 Å². The highest BCUT2D eigenvalue weighted by atomic mass is 16.6. The van der Waals surface area contributed by atoms with E-state index in [2.05, 4.69) is 13.8 Å². The van der Waals surface area contributed by atoms with Crippen LogP contribution >= 0.6 is 0 Å². The van der Waals surface area contributed by atoms with Crippen molar-refractivity contribution >= 4 is 11.9 Å². The number of rotatable bonds is 7. The second kappa shape index (κ2) is 8.60. The Balaban J connectivity index is 2.59. The van der Waals surface area contributed by atoms with Gasteiger partial charge in [0.05, 0.1) is 5.92 Å². The zero-order chi connectivity index (χ0) is 15.8. The second-order valence-electron chi connectivity index (χ2n) is 5.96. The standard InChI is InChI=1S/C18H26O3/c1-5-6-7-17(19)21-18(20)14(4)16-10-8-15(9-11-16)12-13(2)3/h8-11,13-14H,5-7,12H2,1-4H3. The first-order valence-electron chi connectivity index (χ1n) is 7.77. The third kappa shape index (κ3) is 6.11. The summed E-state index contributed by atoms with van der Waals surface area (Å²) in [5.41, 5.74) is 2.14. The van der Waals surface area contributed by atoms with Crippen LogP contribution < -0.4 is 0 Å². The van der Waals surface area contributed by atoms with Crippen LogP contribution in [0.5, 0.6) is 0 Å². The van der Waals surface area contributed by atoms with E-state index in [0.29, 0.717) is 12.3 Å². The molecule has 0 heterocycles. The molecule has 1 unspecified atom stereocenters. The molecule has 3 heteroatoms. The number of hydrogen-bond donors (Lipinski definition) is 0. The Hall–Kier alpha value is -1.64. The van der Waals surface area contributed by atoms with Gasteiger partial charge in [0.25, 0.3) is 0 Å². The summed E-state index contributed by atoms with van der Waals surface area (Å²) in [5.74, 6) is -0.698. The lowest BCUT2D eigenvalue weighted by molar-refractivity contribution is -0.160. The van der Waals surface area contributed by atoms with Gasteiger partial charge in [0.15, 0.2) is 0 Å². The predicted octanol–water partition coefficient (Wildman–Crippen LogP) is 4.25. The molecule has 116 valence electrons. The van der Waals surface area contributed by atoms with Crippen molar-refractivity contribution in [1.82, 2.24) is 0 Å². The van der Waals surface area contributed by atoms with E-state index in [1.807, 2.05) is 31.2 Å².